The third-order valence-corrected chi connectivity index (χ3v) is 10.4. The van der Waals surface area contributed by atoms with Crippen LogP contribution in [0.15, 0.2) is 11.8 Å². The van der Waals surface area contributed by atoms with E-state index in [1.54, 1.807) is 6.08 Å². The molecule has 32 heavy (non-hydrogen) atoms. The molecule has 7 unspecified atom stereocenters. The second-order valence-corrected chi connectivity index (χ2v) is 12.3. The molecule has 0 N–H and O–H groups in total. The number of nitrogens with zero attached hydrogens (tertiary/aromatic N) is 1. The maximum atomic E-state index is 12.9. The Kier molecular flexibility index (Phi) is 5.85. The molecule has 3 saturated carbocycles. The van der Waals surface area contributed by atoms with Crippen LogP contribution < -0.4 is 0 Å². The highest BCUT2D eigenvalue weighted by Crippen LogP contribution is 2.63. The summed E-state index contributed by atoms with van der Waals surface area (Å²) in [5.41, 5.74) is -6.01. The summed E-state index contributed by atoms with van der Waals surface area (Å²) in [5, 5.41) is 0. The largest absolute Gasteiger partial charge is 0.534 e. The average molecular weight is 478 g/mol. The van der Waals surface area contributed by atoms with Gasteiger partial charge in [-0.3, -0.25) is 4.90 Å². The van der Waals surface area contributed by atoms with Gasteiger partial charge in [-0.2, -0.15) is 21.6 Å². The minimum Gasteiger partial charge on any atom is -0.380 e. The highest BCUT2D eigenvalue weighted by atomic mass is 32.2. The summed E-state index contributed by atoms with van der Waals surface area (Å²) in [4.78, 5) is 2.61. The van der Waals surface area contributed by atoms with E-state index in [-0.39, 0.29) is 11.7 Å². The van der Waals surface area contributed by atoms with Gasteiger partial charge < -0.3 is 8.92 Å². The summed E-state index contributed by atoms with van der Waals surface area (Å²) < 4.78 is 72.2. The van der Waals surface area contributed by atoms with Crippen molar-refractivity contribution in [1.82, 2.24) is 4.90 Å². The minimum atomic E-state index is -5.62. The first kappa shape index (κ1) is 23.0. The lowest BCUT2D eigenvalue weighted by molar-refractivity contribution is -0.0734. The molecule has 1 saturated heterocycles. The Morgan fingerprint density at radius 1 is 1.06 bits per heavy atom. The molecule has 5 aliphatic rings. The molecule has 0 spiro atoms. The Balaban J connectivity index is 1.27. The summed E-state index contributed by atoms with van der Waals surface area (Å²) in [6.07, 6.45) is 9.88. The lowest BCUT2D eigenvalue weighted by atomic mass is 9.50. The second kappa shape index (κ2) is 8.15. The summed E-state index contributed by atoms with van der Waals surface area (Å²) in [7, 11) is -5.62. The molecule has 9 heteroatoms. The number of rotatable bonds is 3. The quantitative estimate of drug-likeness (QED) is 0.436. The molecular formula is C23H34F3NO4S. The topological polar surface area (TPSA) is 55.8 Å². The molecular weight excluding hydrogens is 443 g/mol. The van der Waals surface area contributed by atoms with Crippen molar-refractivity contribution in [2.75, 3.05) is 26.3 Å². The van der Waals surface area contributed by atoms with Crippen molar-refractivity contribution in [2.24, 2.45) is 35.0 Å². The first-order valence-corrected chi connectivity index (χ1v) is 13.5. The standard InChI is InChI=1S/C23H34F3NO4S/c1-22-9-8-18-17-5-3-16(27-10-12-30-13-11-27)14-15(17)2-4-19(18)20(22)6-7-21(22)31-32(28,29)23(24,25)26/h7,15-20H,2-6,8-14H2,1H3. The van der Waals surface area contributed by atoms with E-state index in [0.717, 1.165) is 45.1 Å². The van der Waals surface area contributed by atoms with Crippen LogP contribution in [0, 0.1) is 35.0 Å². The van der Waals surface area contributed by atoms with Crippen LogP contribution in [0.1, 0.15) is 58.3 Å². The normalized spacial score (nSPS) is 43.1. The van der Waals surface area contributed by atoms with E-state index in [1.807, 2.05) is 6.92 Å². The van der Waals surface area contributed by atoms with E-state index in [2.05, 4.69) is 4.90 Å². The number of morpholine rings is 1. The maximum Gasteiger partial charge on any atom is 0.534 e. The van der Waals surface area contributed by atoms with Gasteiger partial charge in [0.2, 0.25) is 0 Å². The molecule has 0 bridgehead atoms. The average Bonchev–Trinajstić information content (AvgIpc) is 3.08. The highest BCUT2D eigenvalue weighted by molar-refractivity contribution is 7.87. The number of hydrogen-bond donors (Lipinski definition) is 0. The van der Waals surface area contributed by atoms with Crippen LogP contribution in [-0.4, -0.2) is 51.2 Å². The highest BCUT2D eigenvalue weighted by Gasteiger charge is 2.58. The van der Waals surface area contributed by atoms with E-state index in [0.29, 0.717) is 36.6 Å². The van der Waals surface area contributed by atoms with Gasteiger partial charge in [0.25, 0.3) is 0 Å². The zero-order valence-corrected chi connectivity index (χ0v) is 19.5. The van der Waals surface area contributed by atoms with Crippen molar-refractivity contribution < 1.29 is 30.5 Å². The Bertz CT molecular complexity index is 854. The van der Waals surface area contributed by atoms with Gasteiger partial charge in [-0.05, 0) is 87.0 Å². The van der Waals surface area contributed by atoms with Crippen molar-refractivity contribution in [2.45, 2.75) is 69.8 Å². The SMILES string of the molecule is CC12CCC3C4CCC(N5CCOCC5)CC4CCC3C1CC=C2OS(=O)(=O)C(F)(F)F. The number of fused-ring (bicyclic) bond motifs is 5. The second-order valence-electron chi connectivity index (χ2n) is 10.8. The maximum absolute atomic E-state index is 12.9. The molecule has 0 aromatic carbocycles. The van der Waals surface area contributed by atoms with E-state index in [9.17, 15) is 21.6 Å². The zero-order valence-electron chi connectivity index (χ0n) is 18.6. The summed E-state index contributed by atoms with van der Waals surface area (Å²) in [6, 6.07) is 0.659. The lowest BCUT2D eigenvalue weighted by Crippen LogP contribution is -2.52. The Morgan fingerprint density at radius 2 is 1.78 bits per heavy atom. The van der Waals surface area contributed by atoms with Crippen molar-refractivity contribution in [3.05, 3.63) is 11.8 Å². The third-order valence-electron chi connectivity index (χ3n) is 9.48. The van der Waals surface area contributed by atoms with E-state index >= 15 is 0 Å². The monoisotopic (exact) mass is 477 g/mol. The van der Waals surface area contributed by atoms with Crippen LogP contribution in [0.25, 0.3) is 0 Å². The molecule has 1 aliphatic heterocycles. The van der Waals surface area contributed by atoms with Gasteiger partial charge in [0, 0.05) is 24.5 Å². The summed E-state index contributed by atoms with van der Waals surface area (Å²) >= 11 is 0. The first-order valence-electron chi connectivity index (χ1n) is 12.1. The third kappa shape index (κ3) is 3.80. The van der Waals surface area contributed by atoms with Crippen molar-refractivity contribution in [3.63, 3.8) is 0 Å². The minimum absolute atomic E-state index is 0.0245. The number of allylic oxidation sites excluding steroid dienone is 2. The van der Waals surface area contributed by atoms with Crippen LogP contribution >= 0.6 is 0 Å². The zero-order chi connectivity index (χ0) is 22.7. The van der Waals surface area contributed by atoms with Gasteiger partial charge in [-0.25, -0.2) is 0 Å². The molecule has 7 atom stereocenters. The molecule has 0 aromatic heterocycles. The van der Waals surface area contributed by atoms with Crippen LogP contribution in [-0.2, 0) is 19.0 Å². The van der Waals surface area contributed by atoms with Gasteiger partial charge in [0.15, 0.2) is 0 Å². The molecule has 5 rings (SSSR count). The first-order chi connectivity index (χ1) is 15.1. The molecule has 4 aliphatic carbocycles. The van der Waals surface area contributed by atoms with E-state index in [1.165, 1.54) is 25.7 Å². The number of hydrogen-bond acceptors (Lipinski definition) is 5. The van der Waals surface area contributed by atoms with Gasteiger partial charge in [-0.15, -0.1) is 0 Å². The lowest BCUT2D eigenvalue weighted by Gasteiger charge is -2.56. The van der Waals surface area contributed by atoms with Crippen molar-refractivity contribution in [3.8, 4) is 0 Å². The van der Waals surface area contributed by atoms with Crippen LogP contribution in [0.2, 0.25) is 0 Å². The van der Waals surface area contributed by atoms with Gasteiger partial charge >= 0.3 is 15.6 Å². The Labute approximate surface area is 188 Å². The molecule has 4 fully saturated rings. The fourth-order valence-corrected chi connectivity index (χ4v) is 8.51. The van der Waals surface area contributed by atoms with Gasteiger partial charge in [0.05, 0.1) is 13.2 Å². The number of alkyl halides is 3. The van der Waals surface area contributed by atoms with Crippen LogP contribution in [0.3, 0.4) is 0 Å². The van der Waals surface area contributed by atoms with Gasteiger partial charge in [0.1, 0.15) is 5.76 Å². The number of ether oxygens (including phenoxy) is 1. The summed E-state index contributed by atoms with van der Waals surface area (Å²) in [6.45, 7) is 5.64. The fraction of sp³-hybridized carbons (Fsp3) is 0.913. The molecule has 0 amide bonds. The Morgan fingerprint density at radius 3 is 2.50 bits per heavy atom. The van der Waals surface area contributed by atoms with Gasteiger partial charge in [-0.1, -0.05) is 6.92 Å². The smallest absolute Gasteiger partial charge is 0.380 e. The Hall–Kier alpha value is -0.800. The van der Waals surface area contributed by atoms with E-state index < -0.39 is 21.0 Å². The van der Waals surface area contributed by atoms with Crippen LogP contribution in [0.4, 0.5) is 13.2 Å². The molecule has 182 valence electrons. The molecule has 0 radical (unpaired) electrons. The molecule has 0 aromatic rings. The summed E-state index contributed by atoms with van der Waals surface area (Å²) in [5.74, 6) is 2.68. The van der Waals surface area contributed by atoms with E-state index in [4.69, 9.17) is 8.92 Å². The number of halogens is 3. The predicted molar refractivity (Wildman–Crippen MR) is 113 cm³/mol. The molecule has 5 nitrogen and oxygen atoms in total. The van der Waals surface area contributed by atoms with Crippen molar-refractivity contribution in [1.29, 1.82) is 0 Å². The van der Waals surface area contributed by atoms with Crippen LogP contribution in [0.5, 0.6) is 0 Å². The van der Waals surface area contributed by atoms with Crippen molar-refractivity contribution >= 4 is 10.1 Å². The predicted octanol–water partition coefficient (Wildman–Crippen LogP) is 4.70. The fourth-order valence-electron chi connectivity index (χ4n) is 7.93. The molecule has 1 heterocycles.